The number of hydrogen-bond donors (Lipinski definition) is 3. The SMILES string of the molecule is CC/C=C\C/C=C\C/C=C\C/C=C\C/C=C\CCCCCC(=O)O[C@H](COC(=O)CCCCCCCCCCCCCCCCC)COP(=O)(O)OC[C@H](O)COP(=O)(O)OC[C@@H](COC(=O)CC/C=C\C/C=C\C/C=C\C/C=C\C/C=C\CCCCC)OC(=O)CCCCCCCCCCCCCCC. The summed E-state index contributed by atoms with van der Waals surface area (Å²) in [6, 6.07) is 0. The van der Waals surface area contributed by atoms with Gasteiger partial charge in [-0.1, -0.05) is 335 Å². The molecule has 0 aromatic rings. The highest BCUT2D eigenvalue weighted by Crippen LogP contribution is 2.45. The average Bonchev–Trinajstić information content (AvgIpc) is 0.901. The lowest BCUT2D eigenvalue weighted by molar-refractivity contribution is -0.161. The zero-order valence-corrected chi connectivity index (χ0v) is 68.6. The Morgan fingerprint density at radius 2 is 0.509 bits per heavy atom. The summed E-state index contributed by atoms with van der Waals surface area (Å²) in [5.41, 5.74) is 0. The molecule has 0 heterocycles. The van der Waals surface area contributed by atoms with Crippen LogP contribution in [0.15, 0.2) is 122 Å². The van der Waals surface area contributed by atoms with Gasteiger partial charge in [0.25, 0.3) is 0 Å². The number of esters is 4. The number of phosphoric ester groups is 2. The zero-order chi connectivity index (χ0) is 77.4. The number of hydrogen-bond acceptors (Lipinski definition) is 15. The van der Waals surface area contributed by atoms with Crippen LogP contribution in [0, 0.1) is 0 Å². The molecule has 0 bridgehead atoms. The van der Waals surface area contributed by atoms with Crippen LogP contribution in [0.5, 0.6) is 0 Å². The normalized spacial score (nSPS) is 14.4. The second-order valence-corrected chi connectivity index (χ2v) is 30.6. The van der Waals surface area contributed by atoms with Crippen LogP contribution in [0.3, 0.4) is 0 Å². The number of ether oxygens (including phenoxy) is 4. The van der Waals surface area contributed by atoms with Gasteiger partial charge in [-0.15, -0.1) is 0 Å². The highest BCUT2D eigenvalue weighted by atomic mass is 31.2. The van der Waals surface area contributed by atoms with Crippen molar-refractivity contribution in [1.82, 2.24) is 0 Å². The summed E-state index contributed by atoms with van der Waals surface area (Å²) in [6.45, 7) is 4.66. The van der Waals surface area contributed by atoms with Crippen LogP contribution in [0.25, 0.3) is 0 Å². The van der Waals surface area contributed by atoms with Crippen LogP contribution < -0.4 is 0 Å². The van der Waals surface area contributed by atoms with Gasteiger partial charge in [-0.2, -0.15) is 0 Å². The Kier molecular flexibility index (Phi) is 75.2. The molecular formula is C87H150O17P2. The number of carbonyl (C=O) groups excluding carboxylic acids is 4. The maximum absolute atomic E-state index is 13.1. The Morgan fingerprint density at radius 1 is 0.274 bits per heavy atom. The maximum atomic E-state index is 13.1. The maximum Gasteiger partial charge on any atom is 0.472 e. The third-order valence-corrected chi connectivity index (χ3v) is 19.4. The molecule has 0 aliphatic rings. The second kappa shape index (κ2) is 78.6. The Hall–Kier alpha value is -4.54. The lowest BCUT2D eigenvalue weighted by atomic mass is 10.0. The van der Waals surface area contributed by atoms with E-state index in [9.17, 15) is 43.2 Å². The largest absolute Gasteiger partial charge is 0.472 e. The lowest BCUT2D eigenvalue weighted by Crippen LogP contribution is -2.30. The van der Waals surface area contributed by atoms with Crippen molar-refractivity contribution in [2.24, 2.45) is 0 Å². The van der Waals surface area contributed by atoms with Crippen molar-refractivity contribution < 1.29 is 80.2 Å². The molecule has 2 unspecified atom stereocenters. The van der Waals surface area contributed by atoms with Gasteiger partial charge in [0, 0.05) is 25.7 Å². The van der Waals surface area contributed by atoms with Crippen molar-refractivity contribution in [3.8, 4) is 0 Å². The predicted octanol–water partition coefficient (Wildman–Crippen LogP) is 24.7. The van der Waals surface area contributed by atoms with E-state index in [4.69, 9.17) is 37.0 Å². The second-order valence-electron chi connectivity index (χ2n) is 27.7. The average molecular weight is 1530 g/mol. The van der Waals surface area contributed by atoms with Gasteiger partial charge in [0.2, 0.25) is 0 Å². The van der Waals surface area contributed by atoms with E-state index in [2.05, 4.69) is 137 Å². The molecule has 19 heteroatoms. The first kappa shape index (κ1) is 101. The summed E-state index contributed by atoms with van der Waals surface area (Å²) < 4.78 is 68.6. The molecule has 17 nitrogen and oxygen atoms in total. The van der Waals surface area contributed by atoms with Crippen molar-refractivity contribution >= 4 is 39.5 Å². The van der Waals surface area contributed by atoms with Gasteiger partial charge in [-0.05, 0) is 109 Å². The molecule has 106 heavy (non-hydrogen) atoms. The van der Waals surface area contributed by atoms with Crippen molar-refractivity contribution in [2.75, 3.05) is 39.6 Å². The molecule has 0 aliphatic heterocycles. The molecule has 0 fully saturated rings. The fourth-order valence-electron chi connectivity index (χ4n) is 11.1. The van der Waals surface area contributed by atoms with Crippen LogP contribution in [0.4, 0.5) is 0 Å². The minimum absolute atomic E-state index is 0.0381. The molecule has 0 spiro atoms. The van der Waals surface area contributed by atoms with Gasteiger partial charge in [0.05, 0.1) is 26.4 Å². The van der Waals surface area contributed by atoms with E-state index in [0.717, 1.165) is 122 Å². The molecule has 3 N–H and O–H groups in total. The van der Waals surface area contributed by atoms with E-state index in [1.807, 2.05) is 12.2 Å². The quantitative estimate of drug-likeness (QED) is 0.0169. The van der Waals surface area contributed by atoms with E-state index in [0.29, 0.717) is 32.1 Å². The fraction of sp³-hybridized carbons (Fsp3) is 0.724. The lowest BCUT2D eigenvalue weighted by Gasteiger charge is -2.21. The summed E-state index contributed by atoms with van der Waals surface area (Å²) in [5, 5.41) is 10.7. The Labute approximate surface area is 644 Å². The molecule has 0 saturated carbocycles. The topological polar surface area (TPSA) is 237 Å². The number of unbranched alkanes of at least 4 members (excludes halogenated alkanes) is 32. The minimum atomic E-state index is -5.00. The molecule has 0 aliphatic carbocycles. The predicted molar refractivity (Wildman–Crippen MR) is 436 cm³/mol. The Bertz CT molecular complexity index is 2480. The standard InChI is InChI=1S/C87H150O17P2/c1-5-9-13-17-21-25-29-33-36-38-40-42-45-49-52-56-60-64-68-72-85(90)98-77-82(103-86(91)73-69-65-61-57-53-47-32-28-24-20-16-12-8-4)79-101-105(93,94)99-75-81(88)76-100-106(95,96)102-80-83(78-97-84(89)71-67-63-59-55-51-48-44-35-31-27-23-19-15-11-7-3)104-87(92)74-70-66-62-58-54-50-46-43-41-39-37-34-30-26-22-18-14-10-6-2/h10,14,21-22,25-26,33-34,36-37,40-43,49-50,52,54,60,64,81-83,88H,5-9,11-13,15-20,23-24,27-32,35,38-39,44-48,51,53,55-59,61-63,65-80H2,1-4H3,(H,93,94)(H,95,96)/b14-10-,25-21-,26-22-,36-33-,37-34-,42-40-,43-41-,52-49-,54-50-,64-60-/t81-,82-,83-/m1/s1. The zero-order valence-electron chi connectivity index (χ0n) is 66.8. The number of rotatable bonds is 78. The van der Waals surface area contributed by atoms with Gasteiger partial charge in [-0.25, -0.2) is 9.13 Å². The number of allylic oxidation sites excluding steroid dienone is 20. The summed E-state index contributed by atoms with van der Waals surface area (Å²) in [4.78, 5) is 73.1. The van der Waals surface area contributed by atoms with Crippen LogP contribution >= 0.6 is 15.6 Å². The highest BCUT2D eigenvalue weighted by Gasteiger charge is 2.30. The van der Waals surface area contributed by atoms with Gasteiger partial charge in [0.15, 0.2) is 12.2 Å². The first-order valence-corrected chi connectivity index (χ1v) is 44.8. The van der Waals surface area contributed by atoms with Crippen LogP contribution in [0.1, 0.15) is 349 Å². The third-order valence-electron chi connectivity index (χ3n) is 17.5. The summed E-state index contributed by atoms with van der Waals surface area (Å²) in [7, 11) is -9.99. The van der Waals surface area contributed by atoms with Gasteiger partial charge in [-0.3, -0.25) is 37.3 Å². The summed E-state index contributed by atoms with van der Waals surface area (Å²) >= 11 is 0. The van der Waals surface area contributed by atoms with Crippen molar-refractivity contribution in [2.45, 2.75) is 367 Å². The molecule has 0 amide bonds. The van der Waals surface area contributed by atoms with Crippen molar-refractivity contribution in [1.29, 1.82) is 0 Å². The van der Waals surface area contributed by atoms with Crippen molar-refractivity contribution in [3.05, 3.63) is 122 Å². The monoisotopic (exact) mass is 1530 g/mol. The molecule has 0 rings (SSSR count). The number of aliphatic hydroxyl groups excluding tert-OH is 1. The first-order chi connectivity index (χ1) is 51.7. The Balaban J connectivity index is 5.43. The molecule has 0 radical (unpaired) electrons. The molecule has 5 atom stereocenters. The summed E-state index contributed by atoms with van der Waals surface area (Å²) in [5.74, 6) is -2.29. The first-order valence-electron chi connectivity index (χ1n) is 41.8. The summed E-state index contributed by atoms with van der Waals surface area (Å²) in [6.07, 6.45) is 87.5. The van der Waals surface area contributed by atoms with Gasteiger partial charge in [0.1, 0.15) is 19.3 Å². The number of carbonyl (C=O) groups is 4. The van der Waals surface area contributed by atoms with Crippen LogP contribution in [-0.4, -0.2) is 96.7 Å². The molecule has 0 aromatic heterocycles. The molecular weight excluding hydrogens is 1380 g/mol. The fourth-order valence-corrected chi connectivity index (χ4v) is 12.7. The molecule has 0 saturated heterocycles. The number of phosphoric acid groups is 2. The van der Waals surface area contributed by atoms with E-state index in [-0.39, 0.29) is 25.7 Å². The van der Waals surface area contributed by atoms with E-state index in [1.165, 1.54) is 141 Å². The smallest absolute Gasteiger partial charge is 0.462 e. The van der Waals surface area contributed by atoms with E-state index < -0.39 is 97.5 Å². The third kappa shape index (κ3) is 77.6. The molecule has 610 valence electrons. The Morgan fingerprint density at radius 3 is 0.830 bits per heavy atom. The van der Waals surface area contributed by atoms with E-state index >= 15 is 0 Å². The molecule has 0 aromatic carbocycles. The van der Waals surface area contributed by atoms with E-state index in [1.54, 1.807) is 0 Å². The van der Waals surface area contributed by atoms with Gasteiger partial charge < -0.3 is 33.8 Å². The van der Waals surface area contributed by atoms with Crippen LogP contribution in [0.2, 0.25) is 0 Å². The minimum Gasteiger partial charge on any atom is -0.462 e. The number of aliphatic hydroxyl groups is 1. The van der Waals surface area contributed by atoms with Crippen LogP contribution in [-0.2, 0) is 65.4 Å². The highest BCUT2D eigenvalue weighted by molar-refractivity contribution is 7.47. The van der Waals surface area contributed by atoms with Crippen molar-refractivity contribution in [3.63, 3.8) is 0 Å². The van der Waals surface area contributed by atoms with Gasteiger partial charge >= 0.3 is 39.5 Å².